The highest BCUT2D eigenvalue weighted by molar-refractivity contribution is 7.80. The normalized spacial score (nSPS) is 17.1. The third-order valence-corrected chi connectivity index (χ3v) is 7.09. The van der Waals surface area contributed by atoms with E-state index in [1.54, 1.807) is 18.3 Å². The average Bonchev–Trinajstić information content (AvgIpc) is 3.47. The average molecular weight is 551 g/mol. The first-order valence-electron chi connectivity index (χ1n) is 11.8. The van der Waals surface area contributed by atoms with Crippen molar-refractivity contribution >= 4 is 52.1 Å². The van der Waals surface area contributed by atoms with Crippen LogP contribution in [0.2, 0.25) is 10.0 Å². The SMILES string of the molecule is Cc1cccc(NC(=O)CCN2C(=S)NC(c3ccccn3)C2c2ccc(-c3ccc(Cl)cc3Cl)o2)c1. The van der Waals surface area contributed by atoms with Gasteiger partial charge in [0, 0.05) is 35.4 Å². The van der Waals surface area contributed by atoms with Crippen LogP contribution in [0.3, 0.4) is 0 Å². The number of rotatable bonds is 7. The van der Waals surface area contributed by atoms with E-state index in [1.165, 1.54) is 0 Å². The summed E-state index contributed by atoms with van der Waals surface area (Å²) in [5, 5.41) is 7.93. The predicted octanol–water partition coefficient (Wildman–Crippen LogP) is 6.96. The maximum absolute atomic E-state index is 12.8. The molecule has 1 fully saturated rings. The third-order valence-electron chi connectivity index (χ3n) is 6.19. The number of aromatic nitrogens is 1. The highest BCUT2D eigenvalue weighted by Gasteiger charge is 2.41. The smallest absolute Gasteiger partial charge is 0.226 e. The van der Waals surface area contributed by atoms with Gasteiger partial charge in [0.15, 0.2) is 5.11 Å². The number of halogens is 2. The van der Waals surface area contributed by atoms with Gasteiger partial charge < -0.3 is 20.0 Å². The molecule has 2 aromatic carbocycles. The summed E-state index contributed by atoms with van der Waals surface area (Å²) in [4.78, 5) is 19.3. The highest BCUT2D eigenvalue weighted by Crippen LogP contribution is 2.41. The van der Waals surface area contributed by atoms with Gasteiger partial charge in [-0.2, -0.15) is 0 Å². The molecular formula is C28H24Cl2N4O2S. The molecule has 37 heavy (non-hydrogen) atoms. The van der Waals surface area contributed by atoms with Crippen molar-refractivity contribution in [2.45, 2.75) is 25.4 Å². The summed E-state index contributed by atoms with van der Waals surface area (Å²) in [6, 6.07) is 22.0. The maximum Gasteiger partial charge on any atom is 0.226 e. The Labute approximate surface area is 230 Å². The lowest BCUT2D eigenvalue weighted by atomic mass is 10.0. The number of benzene rings is 2. The fourth-order valence-electron chi connectivity index (χ4n) is 4.47. The monoisotopic (exact) mass is 550 g/mol. The van der Waals surface area contributed by atoms with Gasteiger partial charge in [-0.25, -0.2) is 0 Å². The Kier molecular flexibility index (Phi) is 7.46. The lowest BCUT2D eigenvalue weighted by molar-refractivity contribution is -0.116. The second kappa shape index (κ2) is 10.9. The van der Waals surface area contributed by atoms with Gasteiger partial charge in [-0.1, -0.05) is 41.4 Å². The van der Waals surface area contributed by atoms with E-state index in [0.717, 1.165) is 22.5 Å². The van der Waals surface area contributed by atoms with E-state index < -0.39 is 0 Å². The molecule has 6 nitrogen and oxygen atoms in total. The van der Waals surface area contributed by atoms with Gasteiger partial charge in [0.05, 0.1) is 16.8 Å². The highest BCUT2D eigenvalue weighted by atomic mass is 35.5. The van der Waals surface area contributed by atoms with Gasteiger partial charge in [-0.3, -0.25) is 9.78 Å². The summed E-state index contributed by atoms with van der Waals surface area (Å²) in [6.07, 6.45) is 1.99. The Balaban J connectivity index is 1.41. The number of furan rings is 1. The molecule has 0 radical (unpaired) electrons. The fraction of sp³-hybridized carbons (Fsp3) is 0.179. The molecule has 2 atom stereocenters. The topological polar surface area (TPSA) is 70.4 Å². The van der Waals surface area contributed by atoms with Crippen molar-refractivity contribution in [2.24, 2.45) is 0 Å². The molecule has 2 N–H and O–H groups in total. The zero-order valence-electron chi connectivity index (χ0n) is 19.9. The number of carbonyl (C=O) groups excluding carboxylic acids is 1. The molecule has 1 saturated heterocycles. The Morgan fingerprint density at radius 2 is 1.97 bits per heavy atom. The number of amides is 1. The standard InChI is InChI=1S/C28H24Cl2N4O2S/c1-17-5-4-6-19(15-17)32-25(35)12-14-34-27(26(33-28(34)37)22-7-2-3-13-31-22)24-11-10-23(36-24)20-9-8-18(29)16-21(20)30/h2-11,13,15-16,26-27H,12,14H2,1H3,(H,32,35)(H,33,37). The van der Waals surface area contributed by atoms with Crippen molar-refractivity contribution in [3.8, 4) is 11.3 Å². The minimum atomic E-state index is -0.311. The van der Waals surface area contributed by atoms with Crippen molar-refractivity contribution in [3.63, 3.8) is 0 Å². The molecule has 4 aromatic rings. The van der Waals surface area contributed by atoms with E-state index in [-0.39, 0.29) is 24.4 Å². The summed E-state index contributed by atoms with van der Waals surface area (Å²) in [5.74, 6) is 1.20. The van der Waals surface area contributed by atoms with Crippen molar-refractivity contribution in [2.75, 3.05) is 11.9 Å². The quantitative estimate of drug-likeness (QED) is 0.242. The second-order valence-electron chi connectivity index (χ2n) is 8.81. The van der Waals surface area contributed by atoms with Crippen LogP contribution >= 0.6 is 35.4 Å². The lowest BCUT2D eigenvalue weighted by Crippen LogP contribution is -2.32. The van der Waals surface area contributed by atoms with E-state index in [0.29, 0.717) is 33.2 Å². The maximum atomic E-state index is 12.8. The molecule has 1 amide bonds. The molecule has 0 aliphatic carbocycles. The van der Waals surface area contributed by atoms with Crippen molar-refractivity contribution < 1.29 is 9.21 Å². The molecule has 2 unspecified atom stereocenters. The van der Waals surface area contributed by atoms with Gasteiger partial charge in [0.1, 0.15) is 17.6 Å². The number of anilines is 1. The van der Waals surface area contributed by atoms with Crippen LogP contribution in [0.25, 0.3) is 11.3 Å². The number of hydrogen-bond donors (Lipinski definition) is 2. The first-order chi connectivity index (χ1) is 17.9. The molecule has 2 aromatic heterocycles. The van der Waals surface area contributed by atoms with Crippen LogP contribution in [0.5, 0.6) is 0 Å². The van der Waals surface area contributed by atoms with Crippen LogP contribution in [0.1, 0.15) is 35.5 Å². The van der Waals surface area contributed by atoms with Gasteiger partial charge in [-0.05, 0) is 79.3 Å². The van der Waals surface area contributed by atoms with Crippen molar-refractivity contribution in [3.05, 3.63) is 106 Å². The first-order valence-corrected chi connectivity index (χ1v) is 13.0. The Hall–Kier alpha value is -3.39. The number of aryl methyl sites for hydroxylation is 1. The van der Waals surface area contributed by atoms with E-state index in [1.807, 2.05) is 72.5 Å². The van der Waals surface area contributed by atoms with Crippen LogP contribution in [-0.2, 0) is 4.79 Å². The van der Waals surface area contributed by atoms with Crippen molar-refractivity contribution in [1.29, 1.82) is 0 Å². The molecule has 0 bridgehead atoms. The summed E-state index contributed by atoms with van der Waals surface area (Å²) in [7, 11) is 0. The van der Waals surface area contributed by atoms with Crippen LogP contribution in [-0.4, -0.2) is 27.4 Å². The van der Waals surface area contributed by atoms with E-state index in [2.05, 4.69) is 15.6 Å². The molecule has 3 heterocycles. The summed E-state index contributed by atoms with van der Waals surface area (Å²) < 4.78 is 6.32. The molecule has 1 aliphatic heterocycles. The summed E-state index contributed by atoms with van der Waals surface area (Å²) in [6.45, 7) is 2.39. The van der Waals surface area contributed by atoms with Crippen LogP contribution < -0.4 is 10.6 Å². The van der Waals surface area contributed by atoms with Crippen LogP contribution in [0.15, 0.2) is 83.4 Å². The molecule has 9 heteroatoms. The largest absolute Gasteiger partial charge is 0.459 e. The number of nitrogens with one attached hydrogen (secondary N) is 2. The number of hydrogen-bond acceptors (Lipinski definition) is 4. The summed E-state index contributed by atoms with van der Waals surface area (Å²) in [5.41, 5.74) is 3.41. The number of nitrogens with zero attached hydrogens (tertiary/aromatic N) is 2. The fourth-order valence-corrected chi connectivity index (χ4v) is 5.30. The number of pyridine rings is 1. The number of carbonyl (C=O) groups is 1. The van der Waals surface area contributed by atoms with E-state index in [4.69, 9.17) is 39.8 Å². The molecule has 188 valence electrons. The van der Waals surface area contributed by atoms with Gasteiger partial charge in [0.25, 0.3) is 0 Å². The zero-order chi connectivity index (χ0) is 25.9. The van der Waals surface area contributed by atoms with Gasteiger partial charge >= 0.3 is 0 Å². The minimum Gasteiger partial charge on any atom is -0.459 e. The van der Waals surface area contributed by atoms with E-state index >= 15 is 0 Å². The number of thiocarbonyl (C=S) groups is 1. The van der Waals surface area contributed by atoms with E-state index in [9.17, 15) is 4.79 Å². The minimum absolute atomic E-state index is 0.0958. The Morgan fingerprint density at radius 1 is 1.11 bits per heavy atom. The Bertz CT molecular complexity index is 1440. The third kappa shape index (κ3) is 5.64. The van der Waals surface area contributed by atoms with Crippen LogP contribution in [0, 0.1) is 6.92 Å². The zero-order valence-corrected chi connectivity index (χ0v) is 22.3. The summed E-state index contributed by atoms with van der Waals surface area (Å²) >= 11 is 18.2. The van der Waals surface area contributed by atoms with Gasteiger partial charge in [-0.15, -0.1) is 0 Å². The molecular weight excluding hydrogens is 527 g/mol. The van der Waals surface area contributed by atoms with Gasteiger partial charge in [0.2, 0.25) is 5.91 Å². The molecule has 0 spiro atoms. The molecule has 1 aliphatic rings. The second-order valence-corrected chi connectivity index (χ2v) is 10.0. The van der Waals surface area contributed by atoms with Crippen LogP contribution in [0.4, 0.5) is 5.69 Å². The predicted molar refractivity (Wildman–Crippen MR) is 151 cm³/mol. The molecule has 5 rings (SSSR count). The lowest BCUT2D eigenvalue weighted by Gasteiger charge is -2.25. The first kappa shape index (κ1) is 25.3. The Morgan fingerprint density at radius 3 is 2.73 bits per heavy atom. The van der Waals surface area contributed by atoms with Crippen molar-refractivity contribution in [1.82, 2.24) is 15.2 Å². The molecule has 0 saturated carbocycles.